The Morgan fingerprint density at radius 1 is 1.26 bits per heavy atom. The molecule has 2 atom stereocenters. The quantitative estimate of drug-likeness (QED) is 0.846. The van der Waals surface area contributed by atoms with Crippen LogP contribution >= 0.6 is 0 Å². The van der Waals surface area contributed by atoms with Gasteiger partial charge in [0, 0.05) is 12.5 Å². The van der Waals surface area contributed by atoms with Gasteiger partial charge in [-0.05, 0) is 49.6 Å². The van der Waals surface area contributed by atoms with Crippen molar-refractivity contribution in [3.05, 3.63) is 35.1 Å². The van der Waals surface area contributed by atoms with Crippen molar-refractivity contribution in [3.8, 4) is 0 Å². The Morgan fingerprint density at radius 3 is 2.79 bits per heavy atom. The van der Waals surface area contributed by atoms with Crippen LogP contribution in [0.15, 0.2) is 18.2 Å². The summed E-state index contributed by atoms with van der Waals surface area (Å²) in [6.07, 6.45) is 2.25. The van der Waals surface area contributed by atoms with Crippen LogP contribution in [0.1, 0.15) is 30.9 Å². The molecule has 4 heteroatoms. The molecule has 2 aliphatic rings. The van der Waals surface area contributed by atoms with Gasteiger partial charge in [-0.25, -0.2) is 4.39 Å². The average Bonchev–Trinajstić information content (AvgIpc) is 2.61. The van der Waals surface area contributed by atoms with Crippen LogP contribution < -0.4 is 5.32 Å². The topological polar surface area (TPSA) is 30.5 Å². The molecule has 104 valence electrons. The van der Waals surface area contributed by atoms with E-state index in [2.05, 4.69) is 5.32 Å². The molecule has 0 radical (unpaired) electrons. The smallest absolute Gasteiger partial charge is 0.170 e. The van der Waals surface area contributed by atoms with E-state index in [0.717, 1.165) is 37.1 Å². The summed E-state index contributed by atoms with van der Waals surface area (Å²) in [5, 5.41) is 3.39. The number of benzene rings is 1. The second kappa shape index (κ2) is 5.19. The van der Waals surface area contributed by atoms with Crippen molar-refractivity contribution in [2.75, 3.05) is 13.1 Å². The van der Waals surface area contributed by atoms with Gasteiger partial charge in [-0.15, -0.1) is 0 Å². The van der Waals surface area contributed by atoms with Crippen molar-refractivity contribution in [2.45, 2.75) is 38.8 Å². The minimum atomic E-state index is -0.580. The number of piperidine rings is 1. The maximum atomic E-state index is 13.3. The fraction of sp³-hybridized carbons (Fsp3) is 0.600. The molecule has 2 unspecified atom stereocenters. The van der Waals surface area contributed by atoms with Crippen LogP contribution in [0.25, 0.3) is 0 Å². The van der Waals surface area contributed by atoms with E-state index in [1.54, 1.807) is 12.1 Å². The molecule has 2 heterocycles. The Balaban J connectivity index is 1.78. The average molecular weight is 265 g/mol. The van der Waals surface area contributed by atoms with E-state index in [-0.39, 0.29) is 5.82 Å². The van der Waals surface area contributed by atoms with Crippen LogP contribution in [0.3, 0.4) is 0 Å². The molecule has 0 bridgehead atoms. The summed E-state index contributed by atoms with van der Waals surface area (Å²) in [4.78, 5) is 0. The standard InChI is InChI=1S/C15H20FNO2/c1-15(13-3-2-6-17-8-13)18-9-11-4-5-14(16)7-12(11)10-19-15/h4-5,7,13,17H,2-3,6,8-10H2,1H3. The van der Waals surface area contributed by atoms with E-state index in [1.165, 1.54) is 6.07 Å². The van der Waals surface area contributed by atoms with Gasteiger partial charge >= 0.3 is 0 Å². The van der Waals surface area contributed by atoms with E-state index < -0.39 is 5.79 Å². The Kier molecular flexibility index (Phi) is 3.56. The van der Waals surface area contributed by atoms with Gasteiger partial charge in [0.1, 0.15) is 5.82 Å². The highest BCUT2D eigenvalue weighted by molar-refractivity contribution is 5.27. The highest BCUT2D eigenvalue weighted by Gasteiger charge is 2.38. The number of hydrogen-bond donors (Lipinski definition) is 1. The summed E-state index contributed by atoms with van der Waals surface area (Å²) >= 11 is 0. The maximum Gasteiger partial charge on any atom is 0.170 e. The molecule has 0 aromatic heterocycles. The zero-order valence-electron chi connectivity index (χ0n) is 11.2. The monoisotopic (exact) mass is 265 g/mol. The molecule has 0 amide bonds. The minimum Gasteiger partial charge on any atom is -0.345 e. The fourth-order valence-corrected chi connectivity index (χ4v) is 2.89. The Morgan fingerprint density at radius 2 is 2.05 bits per heavy atom. The molecule has 1 fully saturated rings. The third-order valence-corrected chi connectivity index (χ3v) is 4.24. The highest BCUT2D eigenvalue weighted by Crippen LogP contribution is 2.34. The first kappa shape index (κ1) is 13.0. The molecule has 0 saturated carbocycles. The van der Waals surface area contributed by atoms with E-state index in [1.807, 2.05) is 6.92 Å². The summed E-state index contributed by atoms with van der Waals surface area (Å²) in [5.74, 6) is -0.450. The van der Waals surface area contributed by atoms with Crippen LogP contribution in [-0.2, 0) is 22.7 Å². The van der Waals surface area contributed by atoms with Crippen molar-refractivity contribution in [3.63, 3.8) is 0 Å². The predicted molar refractivity (Wildman–Crippen MR) is 70.0 cm³/mol. The van der Waals surface area contributed by atoms with E-state index in [4.69, 9.17) is 9.47 Å². The summed E-state index contributed by atoms with van der Waals surface area (Å²) in [6.45, 7) is 4.90. The first-order valence-electron chi connectivity index (χ1n) is 6.93. The first-order chi connectivity index (χ1) is 9.17. The van der Waals surface area contributed by atoms with E-state index in [9.17, 15) is 4.39 Å². The van der Waals surface area contributed by atoms with Gasteiger partial charge in [0.25, 0.3) is 0 Å². The van der Waals surface area contributed by atoms with E-state index in [0.29, 0.717) is 19.1 Å². The van der Waals surface area contributed by atoms with Gasteiger partial charge in [-0.1, -0.05) is 6.07 Å². The third-order valence-electron chi connectivity index (χ3n) is 4.24. The molecule has 19 heavy (non-hydrogen) atoms. The Bertz CT molecular complexity index is 459. The van der Waals surface area contributed by atoms with Crippen molar-refractivity contribution >= 4 is 0 Å². The zero-order chi connectivity index (χ0) is 13.3. The maximum absolute atomic E-state index is 13.3. The number of nitrogens with one attached hydrogen (secondary N) is 1. The van der Waals surface area contributed by atoms with Gasteiger partial charge in [0.05, 0.1) is 13.2 Å². The van der Waals surface area contributed by atoms with Crippen molar-refractivity contribution in [1.29, 1.82) is 0 Å². The first-order valence-corrected chi connectivity index (χ1v) is 6.93. The van der Waals surface area contributed by atoms with Gasteiger partial charge in [0.15, 0.2) is 5.79 Å². The predicted octanol–water partition coefficient (Wildman–Crippen LogP) is 2.59. The Labute approximate surface area is 113 Å². The van der Waals surface area contributed by atoms with Gasteiger partial charge in [-0.2, -0.15) is 0 Å². The molecule has 0 aliphatic carbocycles. The summed E-state index contributed by atoms with van der Waals surface area (Å²) in [5.41, 5.74) is 1.92. The van der Waals surface area contributed by atoms with Crippen LogP contribution in [0.5, 0.6) is 0 Å². The SMILES string of the molecule is CC1(C2CCCNC2)OCc2ccc(F)cc2CO1. The van der Waals surface area contributed by atoms with Crippen LogP contribution in [0, 0.1) is 11.7 Å². The van der Waals surface area contributed by atoms with Crippen molar-refractivity contribution in [2.24, 2.45) is 5.92 Å². The second-order valence-electron chi connectivity index (χ2n) is 5.55. The molecule has 1 aromatic rings. The second-order valence-corrected chi connectivity index (χ2v) is 5.55. The highest BCUT2D eigenvalue weighted by atomic mass is 19.1. The van der Waals surface area contributed by atoms with Gasteiger partial charge in [-0.3, -0.25) is 0 Å². The van der Waals surface area contributed by atoms with Gasteiger partial charge in [0.2, 0.25) is 0 Å². The van der Waals surface area contributed by atoms with Crippen molar-refractivity contribution < 1.29 is 13.9 Å². The number of rotatable bonds is 1. The van der Waals surface area contributed by atoms with Crippen LogP contribution in [0.4, 0.5) is 4.39 Å². The van der Waals surface area contributed by atoms with Crippen LogP contribution in [0.2, 0.25) is 0 Å². The van der Waals surface area contributed by atoms with E-state index >= 15 is 0 Å². The fourth-order valence-electron chi connectivity index (χ4n) is 2.89. The number of fused-ring (bicyclic) bond motifs is 1. The lowest BCUT2D eigenvalue weighted by atomic mass is 9.91. The number of ether oxygens (including phenoxy) is 2. The summed E-state index contributed by atoms with van der Waals surface area (Å²) < 4.78 is 25.3. The molecule has 0 spiro atoms. The lowest BCUT2D eigenvalue weighted by molar-refractivity contribution is -0.264. The lowest BCUT2D eigenvalue weighted by Crippen LogP contribution is -2.47. The molecule has 2 aliphatic heterocycles. The normalized spacial score (nSPS) is 31.6. The molecule has 3 nitrogen and oxygen atoms in total. The molecule has 1 N–H and O–H groups in total. The molecule has 1 aromatic carbocycles. The number of halogens is 1. The minimum absolute atomic E-state index is 0.217. The molecular formula is C15H20FNO2. The lowest BCUT2D eigenvalue weighted by Gasteiger charge is -2.38. The van der Waals surface area contributed by atoms with Gasteiger partial charge < -0.3 is 14.8 Å². The molecular weight excluding hydrogens is 245 g/mol. The van der Waals surface area contributed by atoms with Crippen molar-refractivity contribution in [1.82, 2.24) is 5.32 Å². The number of hydrogen-bond acceptors (Lipinski definition) is 3. The zero-order valence-corrected chi connectivity index (χ0v) is 11.2. The molecule has 3 rings (SSSR count). The molecule has 1 saturated heterocycles. The summed E-state index contributed by atoms with van der Waals surface area (Å²) in [7, 11) is 0. The largest absolute Gasteiger partial charge is 0.345 e. The van der Waals surface area contributed by atoms with Crippen LogP contribution in [-0.4, -0.2) is 18.9 Å². The Hall–Kier alpha value is -0.970. The third kappa shape index (κ3) is 2.66. The summed E-state index contributed by atoms with van der Waals surface area (Å²) in [6, 6.07) is 4.81.